The SMILES string of the molecule is Cc1cc(Oc2ncnc(Nc3ccc(Cl)cc3)c2[N+](=O)[O-])cc(C)c1Cl. The lowest BCUT2D eigenvalue weighted by Crippen LogP contribution is -2.03. The molecular formula is C18H14Cl2N4O3. The van der Waals surface area contributed by atoms with Gasteiger partial charge in [-0.05, 0) is 61.4 Å². The number of aromatic nitrogens is 2. The van der Waals surface area contributed by atoms with Crippen LogP contribution in [0.4, 0.5) is 17.2 Å². The van der Waals surface area contributed by atoms with Crippen molar-refractivity contribution >= 4 is 40.4 Å². The number of anilines is 2. The summed E-state index contributed by atoms with van der Waals surface area (Å²) in [5.74, 6) is 0.232. The van der Waals surface area contributed by atoms with Gasteiger partial charge in [0.05, 0.1) is 4.92 Å². The molecule has 3 aromatic rings. The van der Waals surface area contributed by atoms with Gasteiger partial charge in [-0.2, -0.15) is 4.98 Å². The maximum atomic E-state index is 11.6. The highest BCUT2D eigenvalue weighted by Crippen LogP contribution is 2.37. The Hall–Kier alpha value is -2.90. The second-order valence-corrected chi connectivity index (χ2v) is 6.55. The Morgan fingerprint density at radius 2 is 1.70 bits per heavy atom. The molecule has 1 N–H and O–H groups in total. The monoisotopic (exact) mass is 404 g/mol. The number of rotatable bonds is 5. The maximum absolute atomic E-state index is 11.6. The molecule has 2 aromatic carbocycles. The van der Waals surface area contributed by atoms with Gasteiger partial charge in [0.25, 0.3) is 0 Å². The van der Waals surface area contributed by atoms with E-state index in [0.717, 1.165) is 11.1 Å². The van der Waals surface area contributed by atoms with Gasteiger partial charge in [-0.15, -0.1) is 0 Å². The quantitative estimate of drug-likeness (QED) is 0.423. The lowest BCUT2D eigenvalue weighted by atomic mass is 10.1. The van der Waals surface area contributed by atoms with Gasteiger partial charge < -0.3 is 10.1 Å². The molecule has 0 fully saturated rings. The van der Waals surface area contributed by atoms with Crippen molar-refractivity contribution in [2.24, 2.45) is 0 Å². The zero-order valence-corrected chi connectivity index (χ0v) is 15.9. The molecule has 7 nitrogen and oxygen atoms in total. The van der Waals surface area contributed by atoms with E-state index >= 15 is 0 Å². The van der Waals surface area contributed by atoms with Crippen molar-refractivity contribution in [3.63, 3.8) is 0 Å². The molecule has 1 aromatic heterocycles. The van der Waals surface area contributed by atoms with Crippen LogP contribution in [0.5, 0.6) is 11.6 Å². The van der Waals surface area contributed by atoms with Crippen LogP contribution in [0.3, 0.4) is 0 Å². The average Bonchev–Trinajstić information content (AvgIpc) is 2.61. The molecule has 0 saturated heterocycles. The minimum atomic E-state index is -0.594. The van der Waals surface area contributed by atoms with Crippen molar-refractivity contribution in [1.82, 2.24) is 9.97 Å². The van der Waals surface area contributed by atoms with E-state index in [2.05, 4.69) is 15.3 Å². The van der Waals surface area contributed by atoms with Gasteiger partial charge in [-0.25, -0.2) is 4.98 Å². The molecule has 0 atom stereocenters. The summed E-state index contributed by atoms with van der Waals surface area (Å²) in [6.07, 6.45) is 1.19. The number of nitro groups is 1. The van der Waals surface area contributed by atoms with Crippen molar-refractivity contribution in [3.05, 3.63) is 74.0 Å². The first-order chi connectivity index (χ1) is 12.8. The summed E-state index contributed by atoms with van der Waals surface area (Å²) in [5.41, 5.74) is 1.80. The molecule has 0 bridgehead atoms. The van der Waals surface area contributed by atoms with E-state index in [1.807, 2.05) is 13.8 Å². The van der Waals surface area contributed by atoms with Crippen molar-refractivity contribution < 1.29 is 9.66 Å². The smallest absolute Gasteiger partial charge is 0.373 e. The number of nitrogens with one attached hydrogen (secondary N) is 1. The zero-order valence-electron chi connectivity index (χ0n) is 14.4. The molecular weight excluding hydrogens is 391 g/mol. The highest BCUT2D eigenvalue weighted by atomic mass is 35.5. The fourth-order valence-corrected chi connectivity index (χ4v) is 2.68. The van der Waals surface area contributed by atoms with Gasteiger partial charge >= 0.3 is 11.6 Å². The number of hydrogen-bond donors (Lipinski definition) is 1. The van der Waals surface area contributed by atoms with Crippen molar-refractivity contribution in [2.75, 3.05) is 5.32 Å². The van der Waals surface area contributed by atoms with Crippen molar-refractivity contribution in [2.45, 2.75) is 13.8 Å². The maximum Gasteiger partial charge on any atom is 0.373 e. The highest BCUT2D eigenvalue weighted by molar-refractivity contribution is 6.32. The predicted molar refractivity (Wildman–Crippen MR) is 104 cm³/mol. The van der Waals surface area contributed by atoms with Crippen LogP contribution in [0.2, 0.25) is 10.0 Å². The molecule has 0 aliphatic rings. The number of aryl methyl sites for hydroxylation is 2. The van der Waals surface area contributed by atoms with Gasteiger partial charge in [0.2, 0.25) is 5.82 Å². The van der Waals surface area contributed by atoms with Crippen LogP contribution in [-0.4, -0.2) is 14.9 Å². The van der Waals surface area contributed by atoms with Crippen LogP contribution in [0.25, 0.3) is 0 Å². The molecule has 0 radical (unpaired) electrons. The Morgan fingerprint density at radius 3 is 2.30 bits per heavy atom. The molecule has 0 aliphatic heterocycles. The third kappa shape index (κ3) is 4.27. The topological polar surface area (TPSA) is 90.2 Å². The molecule has 138 valence electrons. The Morgan fingerprint density at radius 1 is 1.07 bits per heavy atom. The van der Waals surface area contributed by atoms with Crippen LogP contribution in [0.1, 0.15) is 11.1 Å². The summed E-state index contributed by atoms with van der Waals surface area (Å²) in [7, 11) is 0. The van der Waals surface area contributed by atoms with Crippen LogP contribution in [-0.2, 0) is 0 Å². The predicted octanol–water partition coefficient (Wildman–Crippen LogP) is 5.84. The molecule has 3 rings (SSSR count). The first kappa shape index (κ1) is 18.9. The summed E-state index contributed by atoms with van der Waals surface area (Å²) in [5, 5.41) is 15.7. The van der Waals surface area contributed by atoms with E-state index in [-0.39, 0.29) is 17.4 Å². The molecule has 27 heavy (non-hydrogen) atoms. The second kappa shape index (κ2) is 7.77. The van der Waals surface area contributed by atoms with E-state index in [1.54, 1.807) is 36.4 Å². The second-order valence-electron chi connectivity index (χ2n) is 5.74. The minimum absolute atomic E-state index is 0.00901. The van der Waals surface area contributed by atoms with Crippen LogP contribution >= 0.6 is 23.2 Å². The molecule has 0 saturated carbocycles. The summed E-state index contributed by atoms with van der Waals surface area (Å²) in [6, 6.07) is 10.1. The summed E-state index contributed by atoms with van der Waals surface area (Å²) in [4.78, 5) is 18.9. The number of hydrogen-bond acceptors (Lipinski definition) is 6. The molecule has 9 heteroatoms. The normalized spacial score (nSPS) is 10.5. The third-order valence-electron chi connectivity index (χ3n) is 3.70. The molecule has 0 unspecified atom stereocenters. The van der Waals surface area contributed by atoms with E-state index in [1.165, 1.54) is 6.33 Å². The van der Waals surface area contributed by atoms with Gasteiger partial charge in [0.15, 0.2) is 0 Å². The van der Waals surface area contributed by atoms with Gasteiger partial charge in [-0.3, -0.25) is 10.1 Å². The van der Waals surface area contributed by atoms with Crippen molar-refractivity contribution in [3.8, 4) is 11.6 Å². The zero-order chi connectivity index (χ0) is 19.6. The third-order valence-corrected chi connectivity index (χ3v) is 4.55. The number of ether oxygens (including phenoxy) is 1. The molecule has 0 aliphatic carbocycles. The fraction of sp³-hybridized carbons (Fsp3) is 0.111. The minimum Gasteiger partial charge on any atom is -0.434 e. The largest absolute Gasteiger partial charge is 0.434 e. The first-order valence-electron chi connectivity index (χ1n) is 7.81. The number of benzene rings is 2. The number of nitrogens with zero attached hydrogens (tertiary/aromatic N) is 3. The fourth-order valence-electron chi connectivity index (χ4n) is 2.44. The Bertz CT molecular complexity index is 987. The standard InChI is InChI=1S/C18H14Cl2N4O3/c1-10-7-14(8-11(2)15(10)20)27-18-16(24(25)26)17(21-9-22-18)23-13-5-3-12(19)4-6-13/h3-9H,1-2H3,(H,21,22,23). The van der Waals surface area contributed by atoms with Gasteiger partial charge in [-0.1, -0.05) is 23.2 Å². The Balaban J connectivity index is 1.98. The summed E-state index contributed by atoms with van der Waals surface area (Å²) in [6.45, 7) is 3.65. The Labute approximate surface area is 165 Å². The van der Waals surface area contributed by atoms with E-state index in [4.69, 9.17) is 27.9 Å². The van der Waals surface area contributed by atoms with Gasteiger partial charge in [0, 0.05) is 15.7 Å². The molecule has 1 heterocycles. The van der Waals surface area contributed by atoms with E-state index in [0.29, 0.717) is 21.5 Å². The highest BCUT2D eigenvalue weighted by Gasteiger charge is 2.25. The average molecular weight is 405 g/mol. The lowest BCUT2D eigenvalue weighted by Gasteiger charge is -2.11. The van der Waals surface area contributed by atoms with Crippen LogP contribution in [0, 0.1) is 24.0 Å². The van der Waals surface area contributed by atoms with Crippen LogP contribution in [0.15, 0.2) is 42.7 Å². The molecule has 0 spiro atoms. The summed E-state index contributed by atoms with van der Waals surface area (Å²) < 4.78 is 5.67. The van der Waals surface area contributed by atoms with Gasteiger partial charge in [0.1, 0.15) is 12.1 Å². The summed E-state index contributed by atoms with van der Waals surface area (Å²) >= 11 is 12.0. The van der Waals surface area contributed by atoms with Crippen molar-refractivity contribution in [1.29, 1.82) is 0 Å². The lowest BCUT2D eigenvalue weighted by molar-refractivity contribution is -0.385. The number of halogens is 2. The van der Waals surface area contributed by atoms with E-state index in [9.17, 15) is 10.1 Å². The van der Waals surface area contributed by atoms with Crippen LogP contribution < -0.4 is 10.1 Å². The Kier molecular flexibility index (Phi) is 5.43. The van der Waals surface area contributed by atoms with E-state index < -0.39 is 4.92 Å². The molecule has 0 amide bonds. The first-order valence-corrected chi connectivity index (χ1v) is 8.57.